The summed E-state index contributed by atoms with van der Waals surface area (Å²) in [6.07, 6.45) is 0. The lowest BCUT2D eigenvalue weighted by Crippen LogP contribution is -2.09. The van der Waals surface area contributed by atoms with Gasteiger partial charge in [-0.05, 0) is 0 Å². The Balaban J connectivity index is 3.28. The van der Waals surface area contributed by atoms with E-state index in [-0.39, 0.29) is 5.88 Å². The summed E-state index contributed by atoms with van der Waals surface area (Å²) in [5.74, 6) is -1.80. The third kappa shape index (κ3) is 5.10. The molecule has 0 aromatic heterocycles. The van der Waals surface area contributed by atoms with Crippen molar-refractivity contribution in [2.75, 3.05) is 5.88 Å². The van der Waals surface area contributed by atoms with Crippen molar-refractivity contribution < 1.29 is 19.4 Å². The Bertz CT molecular complexity index is 122. The number of carbonyl (C=O) groups is 2. The van der Waals surface area contributed by atoms with Crippen molar-refractivity contribution in [3.63, 3.8) is 0 Å². The molecule has 0 aromatic carbocycles. The second kappa shape index (κ2) is 4.14. The molecule has 0 amide bonds. The van der Waals surface area contributed by atoms with Gasteiger partial charge in [0.15, 0.2) is 0 Å². The SMILES string of the molecule is CC(=O)OOC(=O)CCl. The molecule has 0 radical (unpaired) electrons. The lowest BCUT2D eigenvalue weighted by molar-refractivity contribution is -0.255. The van der Waals surface area contributed by atoms with Gasteiger partial charge in [-0.3, -0.25) is 0 Å². The highest BCUT2D eigenvalue weighted by Crippen LogP contribution is 1.84. The zero-order valence-corrected chi connectivity index (χ0v) is 5.47. The normalized spacial score (nSPS) is 8.22. The van der Waals surface area contributed by atoms with Crippen LogP contribution >= 0.6 is 11.6 Å². The average molecular weight is 153 g/mol. The van der Waals surface area contributed by atoms with E-state index in [4.69, 9.17) is 11.6 Å². The maximum absolute atomic E-state index is 10.1. The summed E-state index contributed by atoms with van der Waals surface area (Å²) in [4.78, 5) is 27.7. The number of alkyl halides is 1. The molecular formula is C4H5ClO4. The Labute approximate surface area is 56.6 Å². The minimum Gasteiger partial charge on any atom is -0.248 e. The Morgan fingerprint density at radius 1 is 1.44 bits per heavy atom. The van der Waals surface area contributed by atoms with Gasteiger partial charge in [-0.2, -0.15) is 0 Å². The van der Waals surface area contributed by atoms with Crippen LogP contribution in [0.25, 0.3) is 0 Å². The summed E-state index contributed by atoms with van der Waals surface area (Å²) in [5.41, 5.74) is 0. The van der Waals surface area contributed by atoms with Crippen LogP contribution in [0.5, 0.6) is 0 Å². The number of hydrogen-bond acceptors (Lipinski definition) is 4. The average Bonchev–Trinajstić information content (AvgIpc) is 1.83. The predicted molar refractivity (Wildman–Crippen MR) is 28.6 cm³/mol. The molecule has 0 aliphatic carbocycles. The van der Waals surface area contributed by atoms with Crippen LogP contribution in [0.1, 0.15) is 6.92 Å². The van der Waals surface area contributed by atoms with Crippen molar-refractivity contribution in [3.05, 3.63) is 0 Å². The molecule has 0 fully saturated rings. The standard InChI is InChI=1S/C4H5ClO4/c1-3(6)8-9-4(7)2-5/h2H2,1H3. The van der Waals surface area contributed by atoms with Crippen molar-refractivity contribution in [2.45, 2.75) is 6.92 Å². The number of halogens is 1. The molecule has 0 saturated heterocycles. The Morgan fingerprint density at radius 2 is 2.00 bits per heavy atom. The molecule has 0 saturated carbocycles. The van der Waals surface area contributed by atoms with Crippen LogP contribution in [0.3, 0.4) is 0 Å². The van der Waals surface area contributed by atoms with Crippen LogP contribution in [0.15, 0.2) is 0 Å². The molecule has 9 heavy (non-hydrogen) atoms. The maximum Gasteiger partial charge on any atom is 0.370 e. The summed E-state index contributed by atoms with van der Waals surface area (Å²) in [6, 6.07) is 0. The van der Waals surface area contributed by atoms with E-state index in [1.54, 1.807) is 0 Å². The summed E-state index contributed by atoms with van der Waals surface area (Å²) in [6.45, 7) is 1.11. The molecule has 5 heteroatoms. The molecule has 52 valence electrons. The molecule has 0 bridgehead atoms. The van der Waals surface area contributed by atoms with E-state index in [0.29, 0.717) is 0 Å². The van der Waals surface area contributed by atoms with Gasteiger partial charge in [0.05, 0.1) is 0 Å². The lowest BCUT2D eigenvalue weighted by Gasteiger charge is -1.95. The van der Waals surface area contributed by atoms with Crippen LogP contribution in [0.4, 0.5) is 0 Å². The van der Waals surface area contributed by atoms with E-state index in [1.807, 2.05) is 0 Å². The smallest absolute Gasteiger partial charge is 0.248 e. The molecule has 0 aliphatic rings. The van der Waals surface area contributed by atoms with Gasteiger partial charge < -0.3 is 0 Å². The minimum absolute atomic E-state index is 0.326. The van der Waals surface area contributed by atoms with Crippen LogP contribution in [-0.2, 0) is 19.4 Å². The van der Waals surface area contributed by atoms with E-state index < -0.39 is 11.9 Å². The van der Waals surface area contributed by atoms with Gasteiger partial charge in [0, 0.05) is 6.92 Å². The van der Waals surface area contributed by atoms with Crippen molar-refractivity contribution in [2.24, 2.45) is 0 Å². The molecule has 0 unspecified atom stereocenters. The molecule has 0 atom stereocenters. The highest BCUT2D eigenvalue weighted by atomic mass is 35.5. The van der Waals surface area contributed by atoms with Crippen LogP contribution in [-0.4, -0.2) is 17.8 Å². The largest absolute Gasteiger partial charge is 0.370 e. The Kier molecular flexibility index (Phi) is 3.79. The van der Waals surface area contributed by atoms with Crippen LogP contribution < -0.4 is 0 Å². The molecule has 0 heterocycles. The number of carbonyl (C=O) groups excluding carboxylic acids is 2. The van der Waals surface area contributed by atoms with Crippen LogP contribution in [0.2, 0.25) is 0 Å². The van der Waals surface area contributed by atoms with E-state index >= 15 is 0 Å². The quantitative estimate of drug-likeness (QED) is 0.307. The minimum atomic E-state index is -0.785. The first-order chi connectivity index (χ1) is 4.16. The second-order valence-electron chi connectivity index (χ2n) is 1.16. The van der Waals surface area contributed by atoms with Gasteiger partial charge in [-0.25, -0.2) is 19.4 Å². The molecular weight excluding hydrogens is 147 g/mol. The fourth-order valence-corrected chi connectivity index (χ4v) is 0.172. The first kappa shape index (κ1) is 8.23. The Hall–Kier alpha value is -0.770. The summed E-state index contributed by atoms with van der Waals surface area (Å²) in [5, 5.41) is 0. The summed E-state index contributed by atoms with van der Waals surface area (Å²) >= 11 is 4.97. The van der Waals surface area contributed by atoms with Gasteiger partial charge in [0.2, 0.25) is 0 Å². The first-order valence-electron chi connectivity index (χ1n) is 2.10. The third-order valence-corrected chi connectivity index (χ3v) is 0.579. The highest BCUT2D eigenvalue weighted by Gasteiger charge is 2.01. The van der Waals surface area contributed by atoms with Crippen molar-refractivity contribution in [1.82, 2.24) is 0 Å². The van der Waals surface area contributed by atoms with Gasteiger partial charge in [-0.15, -0.1) is 11.6 Å². The van der Waals surface area contributed by atoms with E-state index in [0.717, 1.165) is 6.92 Å². The zero-order valence-electron chi connectivity index (χ0n) is 4.72. The second-order valence-corrected chi connectivity index (χ2v) is 1.43. The van der Waals surface area contributed by atoms with Gasteiger partial charge in [-0.1, -0.05) is 0 Å². The van der Waals surface area contributed by atoms with Crippen LogP contribution in [0, 0.1) is 0 Å². The zero-order chi connectivity index (χ0) is 7.28. The van der Waals surface area contributed by atoms with E-state index in [9.17, 15) is 9.59 Å². The van der Waals surface area contributed by atoms with Crippen molar-refractivity contribution in [3.8, 4) is 0 Å². The number of rotatable bonds is 1. The van der Waals surface area contributed by atoms with Gasteiger partial charge >= 0.3 is 11.9 Å². The fourth-order valence-electron chi connectivity index (χ4n) is 0.127. The van der Waals surface area contributed by atoms with Crippen molar-refractivity contribution >= 4 is 23.5 Å². The molecule has 4 nitrogen and oxygen atoms in total. The van der Waals surface area contributed by atoms with Gasteiger partial charge in [0.25, 0.3) is 0 Å². The monoisotopic (exact) mass is 152 g/mol. The topological polar surface area (TPSA) is 52.6 Å². The number of hydrogen-bond donors (Lipinski definition) is 0. The first-order valence-corrected chi connectivity index (χ1v) is 2.64. The molecule has 0 N–H and O–H groups in total. The maximum atomic E-state index is 10.1. The third-order valence-electron chi connectivity index (χ3n) is 0.361. The Morgan fingerprint density at radius 3 is 2.33 bits per heavy atom. The molecule has 0 aromatic rings. The molecule has 0 aliphatic heterocycles. The molecule has 0 spiro atoms. The van der Waals surface area contributed by atoms with E-state index in [1.165, 1.54) is 0 Å². The van der Waals surface area contributed by atoms with Crippen molar-refractivity contribution in [1.29, 1.82) is 0 Å². The fraction of sp³-hybridized carbons (Fsp3) is 0.500. The summed E-state index contributed by atoms with van der Waals surface area (Å²) < 4.78 is 0. The lowest BCUT2D eigenvalue weighted by atomic mass is 10.8. The molecule has 0 rings (SSSR count). The van der Waals surface area contributed by atoms with E-state index in [2.05, 4.69) is 9.78 Å². The summed E-state index contributed by atoms with van der Waals surface area (Å²) in [7, 11) is 0. The highest BCUT2D eigenvalue weighted by molar-refractivity contribution is 6.26. The van der Waals surface area contributed by atoms with Gasteiger partial charge in [0.1, 0.15) is 5.88 Å². The predicted octanol–water partition coefficient (Wildman–Crippen LogP) is 0.246.